The van der Waals surface area contributed by atoms with Crippen LogP contribution < -0.4 is 15.5 Å². The maximum Gasteiger partial charge on any atom is 0.239 e. The molecule has 0 spiro atoms. The summed E-state index contributed by atoms with van der Waals surface area (Å²) in [4.78, 5) is 13.7. The van der Waals surface area contributed by atoms with Crippen LogP contribution in [0, 0.1) is 6.92 Å². The maximum atomic E-state index is 11.6. The zero-order valence-corrected chi connectivity index (χ0v) is 11.6. The van der Waals surface area contributed by atoms with Crippen molar-refractivity contribution in [3.8, 4) is 0 Å². The molecule has 0 aromatic carbocycles. The Morgan fingerprint density at radius 1 is 1.47 bits per heavy atom. The zero-order valence-electron chi connectivity index (χ0n) is 11.6. The number of nitrogens with one attached hydrogen (secondary N) is 2. The molecule has 0 unspecified atom stereocenters. The molecule has 104 valence electrons. The lowest BCUT2D eigenvalue weighted by Crippen LogP contribution is -2.48. The number of aromatic nitrogens is 2. The monoisotopic (exact) mass is 263 g/mol. The van der Waals surface area contributed by atoms with Gasteiger partial charge < -0.3 is 15.5 Å². The number of rotatable bonds is 4. The molecule has 19 heavy (non-hydrogen) atoms. The summed E-state index contributed by atoms with van der Waals surface area (Å²) in [6.45, 7) is 4.87. The Kier molecular flexibility index (Phi) is 3.18. The van der Waals surface area contributed by atoms with E-state index in [9.17, 15) is 4.79 Å². The van der Waals surface area contributed by atoms with E-state index in [4.69, 9.17) is 0 Å². The van der Waals surface area contributed by atoms with Gasteiger partial charge in [-0.1, -0.05) is 0 Å². The highest BCUT2D eigenvalue weighted by Crippen LogP contribution is 2.26. The van der Waals surface area contributed by atoms with Crippen LogP contribution in [0.1, 0.15) is 24.1 Å². The molecule has 2 heterocycles. The first-order valence-electron chi connectivity index (χ1n) is 6.92. The number of carbonyl (C=O) groups excluding carboxylic acids is 1. The summed E-state index contributed by atoms with van der Waals surface area (Å²) in [6, 6.07) is 0.678. The van der Waals surface area contributed by atoms with Crippen LogP contribution in [0.5, 0.6) is 0 Å². The molecular formula is C13H21N5O. The summed E-state index contributed by atoms with van der Waals surface area (Å²) in [6.07, 6.45) is 2.56. The molecule has 0 atom stereocenters. The van der Waals surface area contributed by atoms with Gasteiger partial charge in [0.2, 0.25) is 5.91 Å². The first kappa shape index (κ1) is 12.5. The van der Waals surface area contributed by atoms with Crippen LogP contribution in [-0.4, -0.2) is 41.4 Å². The minimum absolute atomic E-state index is 0.0891. The van der Waals surface area contributed by atoms with Crippen molar-refractivity contribution in [2.45, 2.75) is 32.4 Å². The molecule has 1 saturated carbocycles. The molecule has 1 aliphatic heterocycles. The number of hydrogen-bond acceptors (Lipinski definition) is 4. The normalized spacial score (nSPS) is 19.7. The Morgan fingerprint density at radius 2 is 2.26 bits per heavy atom. The first-order chi connectivity index (χ1) is 9.15. The average molecular weight is 263 g/mol. The molecule has 1 amide bonds. The number of nitrogens with zero attached hydrogens (tertiary/aromatic N) is 3. The Labute approximate surface area is 113 Å². The van der Waals surface area contributed by atoms with Gasteiger partial charge in [0, 0.05) is 38.3 Å². The molecule has 0 radical (unpaired) electrons. The van der Waals surface area contributed by atoms with Crippen molar-refractivity contribution in [3.05, 3.63) is 11.3 Å². The lowest BCUT2D eigenvalue weighted by atomic mass is 10.2. The van der Waals surface area contributed by atoms with Gasteiger partial charge in [0.25, 0.3) is 0 Å². The summed E-state index contributed by atoms with van der Waals surface area (Å²) in [5.74, 6) is 1.17. The third-order valence-electron chi connectivity index (χ3n) is 3.80. The van der Waals surface area contributed by atoms with Crippen LogP contribution in [-0.2, 0) is 18.4 Å². The van der Waals surface area contributed by atoms with Crippen LogP contribution in [0.15, 0.2) is 0 Å². The van der Waals surface area contributed by atoms with Gasteiger partial charge >= 0.3 is 0 Å². The third kappa shape index (κ3) is 2.58. The first-order valence-corrected chi connectivity index (χ1v) is 6.92. The number of aryl methyl sites for hydroxylation is 2. The molecule has 2 aliphatic rings. The van der Waals surface area contributed by atoms with Crippen LogP contribution >= 0.6 is 0 Å². The minimum atomic E-state index is 0.0891. The van der Waals surface area contributed by atoms with E-state index in [0.717, 1.165) is 24.6 Å². The number of hydrogen-bond donors (Lipinski definition) is 2. The highest BCUT2D eigenvalue weighted by Gasteiger charge is 2.26. The summed E-state index contributed by atoms with van der Waals surface area (Å²) in [5.41, 5.74) is 2.28. The van der Waals surface area contributed by atoms with E-state index in [-0.39, 0.29) is 5.91 Å². The van der Waals surface area contributed by atoms with E-state index < -0.39 is 0 Å². The topological polar surface area (TPSA) is 62.2 Å². The van der Waals surface area contributed by atoms with Crippen molar-refractivity contribution in [2.75, 3.05) is 24.5 Å². The SMILES string of the molecule is Cc1nn(C)c(N2CCNC(=O)C2)c1CNC1CC1. The van der Waals surface area contributed by atoms with E-state index in [0.29, 0.717) is 19.1 Å². The molecule has 1 aromatic rings. The van der Waals surface area contributed by atoms with E-state index in [2.05, 4.69) is 20.6 Å². The second kappa shape index (κ2) is 4.85. The summed E-state index contributed by atoms with van der Waals surface area (Å²) in [5, 5.41) is 10.9. The highest BCUT2D eigenvalue weighted by atomic mass is 16.2. The van der Waals surface area contributed by atoms with Crippen molar-refractivity contribution < 1.29 is 4.79 Å². The highest BCUT2D eigenvalue weighted by molar-refractivity contribution is 5.82. The summed E-state index contributed by atoms with van der Waals surface area (Å²) < 4.78 is 1.90. The van der Waals surface area contributed by atoms with Gasteiger partial charge in [0.1, 0.15) is 5.82 Å². The van der Waals surface area contributed by atoms with Crippen LogP contribution in [0.3, 0.4) is 0 Å². The van der Waals surface area contributed by atoms with E-state index >= 15 is 0 Å². The Hall–Kier alpha value is -1.56. The Morgan fingerprint density at radius 3 is 2.95 bits per heavy atom. The molecule has 1 aliphatic carbocycles. The van der Waals surface area contributed by atoms with Gasteiger partial charge in [0.15, 0.2) is 0 Å². The molecule has 6 nitrogen and oxygen atoms in total. The molecule has 1 aromatic heterocycles. The van der Waals surface area contributed by atoms with Crippen molar-refractivity contribution in [3.63, 3.8) is 0 Å². The molecule has 2 fully saturated rings. The van der Waals surface area contributed by atoms with Crippen LogP contribution in [0.4, 0.5) is 5.82 Å². The Bertz CT molecular complexity index is 491. The van der Waals surface area contributed by atoms with Gasteiger partial charge in [-0.05, 0) is 19.8 Å². The minimum Gasteiger partial charge on any atom is -0.353 e. The van der Waals surface area contributed by atoms with Crippen LogP contribution in [0.2, 0.25) is 0 Å². The molecule has 2 N–H and O–H groups in total. The largest absolute Gasteiger partial charge is 0.353 e. The fourth-order valence-electron chi connectivity index (χ4n) is 2.65. The molecule has 1 saturated heterocycles. The summed E-state index contributed by atoms with van der Waals surface area (Å²) in [7, 11) is 1.95. The van der Waals surface area contributed by atoms with Crippen molar-refractivity contribution in [2.24, 2.45) is 7.05 Å². The van der Waals surface area contributed by atoms with Crippen molar-refractivity contribution in [1.29, 1.82) is 0 Å². The predicted molar refractivity (Wildman–Crippen MR) is 73.0 cm³/mol. The average Bonchev–Trinajstić information content (AvgIpc) is 3.13. The van der Waals surface area contributed by atoms with Gasteiger partial charge in [0.05, 0.1) is 12.2 Å². The quantitative estimate of drug-likeness (QED) is 0.797. The molecule has 0 bridgehead atoms. The van der Waals surface area contributed by atoms with Crippen LogP contribution in [0.25, 0.3) is 0 Å². The predicted octanol–water partition coefficient (Wildman–Crippen LogP) is -0.0833. The van der Waals surface area contributed by atoms with Gasteiger partial charge in [-0.15, -0.1) is 0 Å². The second-order valence-corrected chi connectivity index (χ2v) is 5.44. The van der Waals surface area contributed by atoms with Crippen molar-refractivity contribution >= 4 is 11.7 Å². The van der Waals surface area contributed by atoms with E-state index in [1.165, 1.54) is 18.4 Å². The summed E-state index contributed by atoms with van der Waals surface area (Å²) >= 11 is 0. The third-order valence-corrected chi connectivity index (χ3v) is 3.80. The number of anilines is 1. The second-order valence-electron chi connectivity index (χ2n) is 5.44. The molecule has 3 rings (SSSR count). The van der Waals surface area contributed by atoms with E-state index in [1.807, 2.05) is 18.7 Å². The van der Waals surface area contributed by atoms with E-state index in [1.54, 1.807) is 0 Å². The van der Waals surface area contributed by atoms with Gasteiger partial charge in [-0.2, -0.15) is 5.10 Å². The zero-order chi connectivity index (χ0) is 13.4. The standard InChI is InChI=1S/C13H21N5O/c1-9-11(7-15-10-3-4-10)13(17(2)16-9)18-6-5-14-12(19)8-18/h10,15H,3-8H2,1-2H3,(H,14,19). The van der Waals surface area contributed by atoms with Gasteiger partial charge in [-0.25, -0.2) is 0 Å². The van der Waals surface area contributed by atoms with Gasteiger partial charge in [-0.3, -0.25) is 9.48 Å². The van der Waals surface area contributed by atoms with Crippen molar-refractivity contribution in [1.82, 2.24) is 20.4 Å². The number of piperazine rings is 1. The lowest BCUT2D eigenvalue weighted by molar-refractivity contribution is -0.120. The molecular weight excluding hydrogens is 242 g/mol. The number of carbonyl (C=O) groups is 1. The number of amides is 1. The smallest absolute Gasteiger partial charge is 0.239 e. The molecule has 6 heteroatoms. The Balaban J connectivity index is 1.82. The lowest BCUT2D eigenvalue weighted by Gasteiger charge is -2.29. The fraction of sp³-hybridized carbons (Fsp3) is 0.692. The maximum absolute atomic E-state index is 11.6. The fourth-order valence-corrected chi connectivity index (χ4v) is 2.65.